The van der Waals surface area contributed by atoms with Gasteiger partial charge in [-0.25, -0.2) is 0 Å². The van der Waals surface area contributed by atoms with Crippen molar-refractivity contribution in [3.63, 3.8) is 0 Å². The molecule has 1 aromatic heterocycles. The normalized spacial score (nSPS) is 10.1. The smallest absolute Gasteiger partial charge is 0.220 e. The van der Waals surface area contributed by atoms with Crippen molar-refractivity contribution in [2.45, 2.75) is 13.0 Å². The number of anilines is 1. The van der Waals surface area contributed by atoms with Gasteiger partial charge in [0.25, 0.3) is 0 Å². The van der Waals surface area contributed by atoms with Crippen LogP contribution in [0.4, 0.5) is 5.69 Å². The number of ether oxygens (including phenoxy) is 1. The third kappa shape index (κ3) is 4.02. The Morgan fingerprint density at radius 3 is 2.95 bits per heavy atom. The average molecular weight is 260 g/mol. The lowest BCUT2D eigenvalue weighted by molar-refractivity contribution is -0.118. The zero-order valence-electron chi connectivity index (χ0n) is 10.4. The maximum absolute atomic E-state index is 10.7. The van der Waals surface area contributed by atoms with Crippen molar-refractivity contribution in [1.29, 1.82) is 0 Å². The lowest BCUT2D eigenvalue weighted by Crippen LogP contribution is -2.15. The Morgan fingerprint density at radius 2 is 2.21 bits per heavy atom. The molecule has 1 amide bonds. The number of aromatic nitrogens is 2. The molecule has 0 bridgehead atoms. The van der Waals surface area contributed by atoms with Gasteiger partial charge in [-0.05, 0) is 18.2 Å². The van der Waals surface area contributed by atoms with Gasteiger partial charge in [0.2, 0.25) is 5.91 Å². The molecule has 0 unspecified atom stereocenters. The molecule has 0 aliphatic rings. The quantitative estimate of drug-likeness (QED) is 0.699. The van der Waals surface area contributed by atoms with Gasteiger partial charge in [0.15, 0.2) is 0 Å². The van der Waals surface area contributed by atoms with Gasteiger partial charge < -0.3 is 15.8 Å². The number of rotatable bonds is 7. The number of benzene rings is 1. The molecule has 6 nitrogen and oxygen atoms in total. The Morgan fingerprint density at radius 1 is 1.37 bits per heavy atom. The second kappa shape index (κ2) is 6.44. The monoisotopic (exact) mass is 260 g/mol. The summed E-state index contributed by atoms with van der Waals surface area (Å²) in [4.78, 5) is 10.7. The highest BCUT2D eigenvalue weighted by atomic mass is 16.5. The number of amides is 1. The Kier molecular flexibility index (Phi) is 4.39. The first kappa shape index (κ1) is 12.9. The molecule has 1 heterocycles. The zero-order chi connectivity index (χ0) is 13.5. The third-order valence-corrected chi connectivity index (χ3v) is 2.52. The minimum Gasteiger partial charge on any atom is -0.491 e. The molecular weight excluding hydrogens is 244 g/mol. The van der Waals surface area contributed by atoms with Crippen LogP contribution < -0.4 is 15.8 Å². The van der Waals surface area contributed by atoms with Gasteiger partial charge in [0.1, 0.15) is 5.75 Å². The van der Waals surface area contributed by atoms with E-state index in [0.29, 0.717) is 12.3 Å². The molecule has 6 heteroatoms. The van der Waals surface area contributed by atoms with Gasteiger partial charge in [-0.15, -0.1) is 0 Å². The molecule has 0 saturated heterocycles. The predicted octanol–water partition coefficient (Wildman–Crippen LogP) is 1.28. The molecule has 0 radical (unpaired) electrons. The molecule has 0 aliphatic carbocycles. The van der Waals surface area contributed by atoms with Crippen LogP contribution in [0.15, 0.2) is 36.5 Å². The van der Waals surface area contributed by atoms with Crippen LogP contribution in [0.2, 0.25) is 0 Å². The van der Waals surface area contributed by atoms with Crippen molar-refractivity contribution < 1.29 is 9.53 Å². The fourth-order valence-electron chi connectivity index (χ4n) is 1.57. The standard InChI is InChI=1S/C13H16N4O2/c14-13(18)6-8-19-12-4-2-1-3-11(12)15-9-10-5-7-16-17-10/h1-5,7,15H,6,8-9H2,(H2,14,18)(H,16,17). The molecule has 0 spiro atoms. The highest BCUT2D eigenvalue weighted by Crippen LogP contribution is 2.24. The van der Waals surface area contributed by atoms with Crippen molar-refractivity contribution in [2.75, 3.05) is 11.9 Å². The summed E-state index contributed by atoms with van der Waals surface area (Å²) in [6.07, 6.45) is 1.90. The number of primary amides is 1. The summed E-state index contributed by atoms with van der Waals surface area (Å²) in [6, 6.07) is 9.44. The topological polar surface area (TPSA) is 93.0 Å². The van der Waals surface area contributed by atoms with E-state index in [-0.39, 0.29) is 18.9 Å². The minimum absolute atomic E-state index is 0.203. The fraction of sp³-hybridized carbons (Fsp3) is 0.231. The van der Waals surface area contributed by atoms with Gasteiger partial charge in [-0.2, -0.15) is 5.10 Å². The van der Waals surface area contributed by atoms with Crippen LogP contribution >= 0.6 is 0 Å². The number of nitrogens with two attached hydrogens (primary N) is 1. The van der Waals surface area contributed by atoms with E-state index >= 15 is 0 Å². The molecular formula is C13H16N4O2. The molecule has 0 aliphatic heterocycles. The Labute approximate surface area is 111 Å². The van der Waals surface area contributed by atoms with Crippen molar-refractivity contribution in [3.8, 4) is 5.75 Å². The van der Waals surface area contributed by atoms with Crippen molar-refractivity contribution in [1.82, 2.24) is 10.2 Å². The molecule has 1 aromatic carbocycles. The molecule has 4 N–H and O–H groups in total. The van der Waals surface area contributed by atoms with Crippen LogP contribution in [-0.2, 0) is 11.3 Å². The van der Waals surface area contributed by atoms with Crippen LogP contribution in [-0.4, -0.2) is 22.7 Å². The first-order chi connectivity index (χ1) is 9.25. The molecule has 2 rings (SSSR count). The van der Waals surface area contributed by atoms with E-state index in [4.69, 9.17) is 10.5 Å². The van der Waals surface area contributed by atoms with E-state index in [1.807, 2.05) is 30.3 Å². The number of carbonyl (C=O) groups excluding carboxylic acids is 1. The largest absolute Gasteiger partial charge is 0.491 e. The van der Waals surface area contributed by atoms with Crippen LogP contribution in [0.5, 0.6) is 5.75 Å². The highest BCUT2D eigenvalue weighted by molar-refractivity contribution is 5.73. The van der Waals surface area contributed by atoms with Crippen LogP contribution in [0, 0.1) is 0 Å². The Hall–Kier alpha value is -2.50. The van der Waals surface area contributed by atoms with Gasteiger partial charge >= 0.3 is 0 Å². The Balaban J connectivity index is 1.93. The molecule has 0 fully saturated rings. The first-order valence-electron chi connectivity index (χ1n) is 5.98. The maximum atomic E-state index is 10.7. The first-order valence-corrected chi connectivity index (χ1v) is 5.98. The second-order valence-corrected chi connectivity index (χ2v) is 4.00. The van der Waals surface area contributed by atoms with Crippen LogP contribution in [0.1, 0.15) is 12.1 Å². The van der Waals surface area contributed by atoms with Gasteiger partial charge in [0.05, 0.1) is 31.0 Å². The number of carbonyl (C=O) groups is 1. The molecule has 2 aromatic rings. The summed E-state index contributed by atoms with van der Waals surface area (Å²) in [7, 11) is 0. The number of aromatic amines is 1. The number of nitrogens with one attached hydrogen (secondary N) is 2. The van der Waals surface area contributed by atoms with Gasteiger partial charge in [-0.1, -0.05) is 12.1 Å². The number of H-pyrrole nitrogens is 1. The lowest BCUT2D eigenvalue weighted by atomic mass is 10.3. The van der Waals surface area contributed by atoms with Gasteiger partial charge in [0, 0.05) is 6.20 Å². The van der Waals surface area contributed by atoms with Crippen molar-refractivity contribution >= 4 is 11.6 Å². The molecule has 0 atom stereocenters. The minimum atomic E-state index is -0.372. The summed E-state index contributed by atoms with van der Waals surface area (Å²) in [6.45, 7) is 0.897. The predicted molar refractivity (Wildman–Crippen MR) is 71.7 cm³/mol. The van der Waals surface area contributed by atoms with Crippen molar-refractivity contribution in [3.05, 3.63) is 42.2 Å². The number of nitrogens with zero attached hydrogens (tertiary/aromatic N) is 1. The van der Waals surface area contributed by atoms with E-state index in [9.17, 15) is 4.79 Å². The third-order valence-electron chi connectivity index (χ3n) is 2.52. The summed E-state index contributed by atoms with van der Waals surface area (Å²) >= 11 is 0. The van der Waals surface area contributed by atoms with Crippen LogP contribution in [0.3, 0.4) is 0 Å². The SMILES string of the molecule is NC(=O)CCOc1ccccc1NCc1ccn[nH]1. The van der Waals surface area contributed by atoms with E-state index in [1.54, 1.807) is 6.20 Å². The fourth-order valence-corrected chi connectivity index (χ4v) is 1.57. The highest BCUT2D eigenvalue weighted by Gasteiger charge is 2.04. The molecule has 100 valence electrons. The van der Waals surface area contributed by atoms with E-state index in [0.717, 1.165) is 11.4 Å². The van der Waals surface area contributed by atoms with E-state index in [2.05, 4.69) is 15.5 Å². The summed E-state index contributed by atoms with van der Waals surface area (Å²) in [5.74, 6) is 0.325. The van der Waals surface area contributed by atoms with E-state index < -0.39 is 0 Å². The average Bonchev–Trinajstić information content (AvgIpc) is 2.90. The summed E-state index contributed by atoms with van der Waals surface area (Å²) < 4.78 is 5.53. The summed E-state index contributed by atoms with van der Waals surface area (Å²) in [5.41, 5.74) is 6.91. The van der Waals surface area contributed by atoms with E-state index in [1.165, 1.54) is 0 Å². The van der Waals surface area contributed by atoms with Gasteiger partial charge in [-0.3, -0.25) is 9.89 Å². The zero-order valence-corrected chi connectivity index (χ0v) is 10.4. The maximum Gasteiger partial charge on any atom is 0.220 e. The lowest BCUT2D eigenvalue weighted by Gasteiger charge is -2.12. The number of hydrogen-bond donors (Lipinski definition) is 3. The number of para-hydroxylation sites is 2. The van der Waals surface area contributed by atoms with Crippen LogP contribution in [0.25, 0.3) is 0 Å². The molecule has 0 saturated carbocycles. The molecule has 19 heavy (non-hydrogen) atoms. The summed E-state index contributed by atoms with van der Waals surface area (Å²) in [5, 5.41) is 9.99. The van der Waals surface area contributed by atoms with Crippen molar-refractivity contribution in [2.24, 2.45) is 5.73 Å². The second-order valence-electron chi connectivity index (χ2n) is 4.00. The number of hydrogen-bond acceptors (Lipinski definition) is 4. The Bertz CT molecular complexity index is 525.